The second kappa shape index (κ2) is 9.91. The standard InChI is InChI=1S/C29H32ClN9O2S/c1-28(2,3)41-27(40)34-24-20-7-10-33-39(20)17-29(24)8-12-37(13-9-29)26-32-15-22(25-31-11-14-38(25)26)42-21-6-5-19-18(23(21)30)16-36(4)35-19/h5-7,10-11,14-16,24H,8-9,12-13,17H2,1-4H3,(H,34,40)/t24-/m1/s1. The second-order valence-electron chi connectivity index (χ2n) is 12.1. The summed E-state index contributed by atoms with van der Waals surface area (Å²) in [5.74, 6) is 0.850. The highest BCUT2D eigenvalue weighted by Crippen LogP contribution is 2.49. The minimum absolute atomic E-state index is 0.150. The van der Waals surface area contributed by atoms with E-state index in [0.29, 0.717) is 5.02 Å². The number of alkyl carbamates (subject to hydrolysis) is 1. The molecule has 218 valence electrons. The number of carbonyl (C=O) groups is 1. The first kappa shape index (κ1) is 27.1. The van der Waals surface area contributed by atoms with Crippen LogP contribution in [0.4, 0.5) is 10.7 Å². The number of piperidine rings is 1. The Labute approximate surface area is 252 Å². The molecule has 1 aromatic carbocycles. The van der Waals surface area contributed by atoms with Crippen LogP contribution in [0.2, 0.25) is 5.02 Å². The highest BCUT2D eigenvalue weighted by molar-refractivity contribution is 7.99. The molecule has 1 saturated heterocycles. The fourth-order valence-electron chi connectivity index (χ4n) is 6.22. The molecule has 1 amide bonds. The summed E-state index contributed by atoms with van der Waals surface area (Å²) in [4.78, 5) is 26.6. The summed E-state index contributed by atoms with van der Waals surface area (Å²) in [5, 5.41) is 13.7. The number of carbonyl (C=O) groups excluding carboxylic acids is 1. The van der Waals surface area contributed by atoms with Crippen LogP contribution < -0.4 is 10.2 Å². The van der Waals surface area contributed by atoms with E-state index in [0.717, 1.165) is 70.5 Å². The first-order chi connectivity index (χ1) is 20.1. The van der Waals surface area contributed by atoms with Crippen molar-refractivity contribution in [3.05, 3.63) is 59.9 Å². The third-order valence-electron chi connectivity index (χ3n) is 8.12. The number of halogens is 1. The predicted octanol–water partition coefficient (Wildman–Crippen LogP) is 5.48. The zero-order valence-corrected chi connectivity index (χ0v) is 25.5. The third kappa shape index (κ3) is 4.66. The maximum Gasteiger partial charge on any atom is 0.408 e. The third-order valence-corrected chi connectivity index (χ3v) is 9.71. The Morgan fingerprint density at radius 2 is 1.95 bits per heavy atom. The Morgan fingerprint density at radius 3 is 2.74 bits per heavy atom. The van der Waals surface area contributed by atoms with Crippen LogP contribution >= 0.6 is 23.4 Å². The zero-order valence-electron chi connectivity index (χ0n) is 23.9. The molecule has 4 aromatic heterocycles. The smallest absolute Gasteiger partial charge is 0.408 e. The molecule has 11 nitrogen and oxygen atoms in total. The lowest BCUT2D eigenvalue weighted by atomic mass is 9.73. The van der Waals surface area contributed by atoms with Crippen molar-refractivity contribution in [1.82, 2.24) is 39.2 Å². The van der Waals surface area contributed by atoms with Gasteiger partial charge in [-0.15, -0.1) is 0 Å². The van der Waals surface area contributed by atoms with Crippen LogP contribution in [-0.4, -0.2) is 58.7 Å². The molecular weight excluding hydrogens is 574 g/mol. The molecule has 42 heavy (non-hydrogen) atoms. The van der Waals surface area contributed by atoms with E-state index in [2.05, 4.69) is 25.4 Å². The zero-order chi connectivity index (χ0) is 29.2. The average molecular weight is 606 g/mol. The van der Waals surface area contributed by atoms with Gasteiger partial charge < -0.3 is 15.0 Å². The van der Waals surface area contributed by atoms with Gasteiger partial charge in [0.15, 0.2) is 5.65 Å². The Bertz CT molecular complexity index is 1810. The fraction of sp³-hybridized carbons (Fsp3) is 0.414. The number of ether oxygens (including phenoxy) is 1. The van der Waals surface area contributed by atoms with Gasteiger partial charge in [-0.3, -0.25) is 13.8 Å². The van der Waals surface area contributed by atoms with E-state index in [1.54, 1.807) is 28.8 Å². The topological polar surface area (TPSA) is 107 Å². The lowest BCUT2D eigenvalue weighted by molar-refractivity contribution is 0.0423. The van der Waals surface area contributed by atoms with Gasteiger partial charge in [0.05, 0.1) is 27.2 Å². The van der Waals surface area contributed by atoms with Crippen LogP contribution in [0, 0.1) is 5.41 Å². The van der Waals surface area contributed by atoms with E-state index < -0.39 is 11.7 Å². The molecule has 2 aliphatic heterocycles. The van der Waals surface area contributed by atoms with Gasteiger partial charge in [0, 0.05) is 73.4 Å². The van der Waals surface area contributed by atoms with Crippen molar-refractivity contribution in [3.63, 3.8) is 0 Å². The number of aryl methyl sites for hydroxylation is 1. The van der Waals surface area contributed by atoms with Crippen LogP contribution in [0.15, 0.2) is 59.0 Å². The maximum atomic E-state index is 12.8. The van der Waals surface area contributed by atoms with E-state index in [1.165, 1.54) is 0 Å². The van der Waals surface area contributed by atoms with E-state index in [9.17, 15) is 4.79 Å². The molecule has 1 fully saturated rings. The number of hydrogen-bond acceptors (Lipinski definition) is 8. The number of nitrogens with one attached hydrogen (secondary N) is 1. The Kier molecular flexibility index (Phi) is 6.39. The summed E-state index contributed by atoms with van der Waals surface area (Å²) in [6.07, 6.45) is 10.7. The van der Waals surface area contributed by atoms with Crippen molar-refractivity contribution in [2.75, 3.05) is 18.0 Å². The summed E-state index contributed by atoms with van der Waals surface area (Å²) in [6, 6.07) is 5.80. The molecule has 0 bridgehead atoms. The van der Waals surface area contributed by atoms with Crippen LogP contribution in [0.25, 0.3) is 16.6 Å². The molecule has 1 N–H and O–H groups in total. The molecule has 1 atom stereocenters. The van der Waals surface area contributed by atoms with Gasteiger partial charge in [0.1, 0.15) is 5.60 Å². The second-order valence-corrected chi connectivity index (χ2v) is 13.6. The number of hydrogen-bond donors (Lipinski definition) is 1. The molecule has 2 aliphatic rings. The SMILES string of the molecule is Cn1cc2c(Cl)c(Sc3cnc(N4CCC5(CC4)Cn4nccc4[C@H]5NC(=O)OC(C)(C)C)n4ccnc34)ccc2n1. The van der Waals surface area contributed by atoms with E-state index in [1.807, 2.05) is 73.7 Å². The molecule has 0 aliphatic carbocycles. The minimum atomic E-state index is -0.567. The normalized spacial score (nSPS) is 18.2. The minimum Gasteiger partial charge on any atom is -0.444 e. The monoisotopic (exact) mass is 605 g/mol. The van der Waals surface area contributed by atoms with Crippen molar-refractivity contribution in [3.8, 4) is 0 Å². The quantitative estimate of drug-likeness (QED) is 0.287. The lowest BCUT2D eigenvalue weighted by Gasteiger charge is -2.43. The van der Waals surface area contributed by atoms with E-state index in [4.69, 9.17) is 21.3 Å². The summed E-state index contributed by atoms with van der Waals surface area (Å²) < 4.78 is 11.4. The summed E-state index contributed by atoms with van der Waals surface area (Å²) in [7, 11) is 1.89. The summed E-state index contributed by atoms with van der Waals surface area (Å²) >= 11 is 8.32. The average Bonchev–Trinajstić information content (AvgIpc) is 3.71. The van der Waals surface area contributed by atoms with E-state index >= 15 is 0 Å². The number of aromatic nitrogens is 7. The van der Waals surface area contributed by atoms with Crippen molar-refractivity contribution >= 4 is 52.0 Å². The predicted molar refractivity (Wildman–Crippen MR) is 161 cm³/mol. The number of fused-ring (bicyclic) bond motifs is 3. The molecular formula is C29H32ClN9O2S. The summed E-state index contributed by atoms with van der Waals surface area (Å²) in [5.41, 5.74) is 2.00. The van der Waals surface area contributed by atoms with Crippen molar-refractivity contribution in [2.45, 2.75) is 61.6 Å². The fourth-order valence-corrected chi connectivity index (χ4v) is 7.46. The molecule has 0 unspecified atom stereocenters. The van der Waals surface area contributed by atoms with Crippen molar-refractivity contribution in [2.24, 2.45) is 12.5 Å². The van der Waals surface area contributed by atoms with Crippen LogP contribution in [0.1, 0.15) is 45.3 Å². The van der Waals surface area contributed by atoms with E-state index in [-0.39, 0.29) is 11.5 Å². The number of amides is 1. The number of benzene rings is 1. The summed E-state index contributed by atoms with van der Waals surface area (Å²) in [6.45, 7) is 7.96. The largest absolute Gasteiger partial charge is 0.444 e. The van der Waals surface area contributed by atoms with Crippen molar-refractivity contribution < 1.29 is 9.53 Å². The van der Waals surface area contributed by atoms with Gasteiger partial charge in [0.25, 0.3) is 0 Å². The first-order valence-electron chi connectivity index (χ1n) is 14.0. The van der Waals surface area contributed by atoms with Gasteiger partial charge in [-0.1, -0.05) is 23.4 Å². The molecule has 0 saturated carbocycles. The molecule has 1 spiro atoms. The van der Waals surface area contributed by atoms with Gasteiger partial charge >= 0.3 is 6.09 Å². The molecule has 0 radical (unpaired) electrons. The molecule has 13 heteroatoms. The van der Waals surface area contributed by atoms with Gasteiger partial charge in [0.2, 0.25) is 5.95 Å². The highest BCUT2D eigenvalue weighted by atomic mass is 35.5. The molecule has 6 heterocycles. The van der Waals surface area contributed by atoms with Gasteiger partial charge in [-0.2, -0.15) is 10.2 Å². The number of anilines is 1. The Morgan fingerprint density at radius 1 is 1.14 bits per heavy atom. The number of rotatable bonds is 4. The Balaban J connectivity index is 1.12. The highest BCUT2D eigenvalue weighted by Gasteiger charge is 2.50. The lowest BCUT2D eigenvalue weighted by Crippen LogP contribution is -2.48. The molecule has 7 rings (SSSR count). The van der Waals surface area contributed by atoms with Crippen LogP contribution in [-0.2, 0) is 18.3 Å². The number of nitrogens with zero attached hydrogens (tertiary/aromatic N) is 8. The Hall–Kier alpha value is -3.77. The van der Waals surface area contributed by atoms with Crippen LogP contribution in [0.5, 0.6) is 0 Å². The van der Waals surface area contributed by atoms with Crippen LogP contribution in [0.3, 0.4) is 0 Å². The van der Waals surface area contributed by atoms with Gasteiger partial charge in [-0.25, -0.2) is 14.8 Å². The molecule has 5 aromatic rings. The van der Waals surface area contributed by atoms with Crippen molar-refractivity contribution in [1.29, 1.82) is 0 Å². The first-order valence-corrected chi connectivity index (χ1v) is 15.2. The van der Waals surface area contributed by atoms with Gasteiger partial charge in [-0.05, 0) is 51.8 Å². The maximum absolute atomic E-state index is 12.8. The number of imidazole rings is 1.